The largest absolute Gasteiger partial charge is 0.497 e. The van der Waals surface area contributed by atoms with Crippen LogP contribution in [0.15, 0.2) is 48.5 Å². The molecule has 2 amide bonds. The Labute approximate surface area is 178 Å². The van der Waals surface area contributed by atoms with Crippen molar-refractivity contribution in [3.05, 3.63) is 65.2 Å². The second-order valence-electron chi connectivity index (χ2n) is 7.98. The molecule has 0 aliphatic carbocycles. The number of piperazine rings is 1. The van der Waals surface area contributed by atoms with E-state index >= 15 is 0 Å². The fourth-order valence-corrected chi connectivity index (χ4v) is 4.21. The molecule has 0 saturated carbocycles. The lowest BCUT2D eigenvalue weighted by molar-refractivity contribution is 0.0648. The first-order valence-corrected chi connectivity index (χ1v) is 10.7. The van der Waals surface area contributed by atoms with Crippen LogP contribution in [-0.4, -0.2) is 72.9 Å². The van der Waals surface area contributed by atoms with Crippen molar-refractivity contribution in [2.45, 2.75) is 19.4 Å². The highest BCUT2D eigenvalue weighted by atomic mass is 16.5. The average Bonchev–Trinajstić information content (AvgIpc) is 3.03. The van der Waals surface area contributed by atoms with E-state index in [1.54, 1.807) is 19.2 Å². The van der Waals surface area contributed by atoms with E-state index in [1.165, 1.54) is 10.5 Å². The summed E-state index contributed by atoms with van der Waals surface area (Å²) in [5.41, 5.74) is 2.39. The quantitative estimate of drug-likeness (QED) is 0.498. The zero-order valence-electron chi connectivity index (χ0n) is 17.5. The van der Waals surface area contributed by atoms with Gasteiger partial charge in [0.2, 0.25) is 0 Å². The van der Waals surface area contributed by atoms with Crippen LogP contribution >= 0.6 is 0 Å². The smallest absolute Gasteiger partial charge is 0.261 e. The van der Waals surface area contributed by atoms with Crippen LogP contribution in [0, 0.1) is 0 Å². The molecule has 4 rings (SSSR count). The van der Waals surface area contributed by atoms with Gasteiger partial charge in [-0.15, -0.1) is 0 Å². The standard InChI is InChI=1S/C24H29N3O3/c1-30-20-10-8-19(9-11-20)18-26-16-14-25(15-17-26)12-4-5-13-27-23(28)21-6-2-3-7-22(21)24(27)29/h2-3,6-11H,4-5,12-18H2,1H3. The SMILES string of the molecule is COc1ccc(CN2CCN(CCCCN3C(=O)c4ccccc4C3=O)CC2)cc1. The first kappa shape index (κ1) is 20.6. The maximum atomic E-state index is 12.4. The van der Waals surface area contributed by atoms with E-state index < -0.39 is 0 Å². The van der Waals surface area contributed by atoms with E-state index in [0.717, 1.165) is 57.9 Å². The number of fused-ring (bicyclic) bond motifs is 1. The highest BCUT2D eigenvalue weighted by Gasteiger charge is 2.34. The molecule has 0 aromatic heterocycles. The molecular weight excluding hydrogens is 378 g/mol. The number of amides is 2. The van der Waals surface area contributed by atoms with Gasteiger partial charge in [-0.3, -0.25) is 19.4 Å². The summed E-state index contributed by atoms with van der Waals surface area (Å²) < 4.78 is 5.22. The molecule has 1 saturated heterocycles. The van der Waals surface area contributed by atoms with Crippen LogP contribution in [0.1, 0.15) is 39.1 Å². The van der Waals surface area contributed by atoms with Crippen molar-refractivity contribution >= 4 is 11.8 Å². The van der Waals surface area contributed by atoms with Gasteiger partial charge in [-0.2, -0.15) is 0 Å². The first-order chi connectivity index (χ1) is 14.7. The molecule has 6 heteroatoms. The Morgan fingerprint density at radius 2 is 1.33 bits per heavy atom. The van der Waals surface area contributed by atoms with Gasteiger partial charge in [0.15, 0.2) is 0 Å². The van der Waals surface area contributed by atoms with E-state index in [0.29, 0.717) is 17.7 Å². The van der Waals surface area contributed by atoms with Gasteiger partial charge in [-0.05, 0) is 49.2 Å². The van der Waals surface area contributed by atoms with Crippen molar-refractivity contribution in [2.24, 2.45) is 0 Å². The first-order valence-electron chi connectivity index (χ1n) is 10.7. The minimum atomic E-state index is -0.150. The van der Waals surface area contributed by atoms with Crippen LogP contribution in [0.2, 0.25) is 0 Å². The van der Waals surface area contributed by atoms with E-state index in [-0.39, 0.29) is 11.8 Å². The van der Waals surface area contributed by atoms with E-state index in [2.05, 4.69) is 21.9 Å². The predicted octanol–water partition coefficient (Wildman–Crippen LogP) is 2.89. The van der Waals surface area contributed by atoms with Gasteiger partial charge >= 0.3 is 0 Å². The Morgan fingerprint density at radius 1 is 0.767 bits per heavy atom. The minimum absolute atomic E-state index is 0.150. The third-order valence-corrected chi connectivity index (χ3v) is 6.01. The molecule has 2 heterocycles. The second kappa shape index (κ2) is 9.41. The summed E-state index contributed by atoms with van der Waals surface area (Å²) in [6.07, 6.45) is 1.84. The fourth-order valence-electron chi connectivity index (χ4n) is 4.21. The molecule has 0 bridgehead atoms. The Kier molecular flexibility index (Phi) is 6.45. The van der Waals surface area contributed by atoms with Gasteiger partial charge in [0.25, 0.3) is 11.8 Å². The third-order valence-electron chi connectivity index (χ3n) is 6.01. The molecule has 0 spiro atoms. The maximum Gasteiger partial charge on any atom is 0.261 e. The molecule has 0 radical (unpaired) electrons. The lowest BCUT2D eigenvalue weighted by atomic mass is 10.1. The van der Waals surface area contributed by atoms with Crippen molar-refractivity contribution in [1.29, 1.82) is 0 Å². The number of carbonyl (C=O) groups excluding carboxylic acids is 2. The van der Waals surface area contributed by atoms with E-state index in [9.17, 15) is 9.59 Å². The number of carbonyl (C=O) groups is 2. The molecule has 1 fully saturated rings. The Morgan fingerprint density at radius 3 is 1.93 bits per heavy atom. The number of imide groups is 1. The second-order valence-corrected chi connectivity index (χ2v) is 7.98. The summed E-state index contributed by atoms with van der Waals surface area (Å²) in [7, 11) is 1.69. The zero-order chi connectivity index (χ0) is 20.9. The van der Waals surface area contributed by atoms with Crippen molar-refractivity contribution < 1.29 is 14.3 Å². The monoisotopic (exact) mass is 407 g/mol. The summed E-state index contributed by atoms with van der Waals surface area (Å²) in [5, 5.41) is 0. The molecule has 158 valence electrons. The van der Waals surface area contributed by atoms with Crippen LogP contribution in [-0.2, 0) is 6.54 Å². The van der Waals surface area contributed by atoms with Crippen molar-refractivity contribution in [2.75, 3.05) is 46.4 Å². The van der Waals surface area contributed by atoms with Crippen LogP contribution in [0.5, 0.6) is 5.75 Å². The Hall–Kier alpha value is -2.70. The van der Waals surface area contributed by atoms with Gasteiger partial charge in [-0.25, -0.2) is 0 Å². The molecule has 6 nitrogen and oxygen atoms in total. The molecule has 2 aliphatic heterocycles. The van der Waals surface area contributed by atoms with Gasteiger partial charge in [0, 0.05) is 39.3 Å². The highest BCUT2D eigenvalue weighted by Crippen LogP contribution is 2.22. The fraction of sp³-hybridized carbons (Fsp3) is 0.417. The molecular formula is C24H29N3O3. The lowest BCUT2D eigenvalue weighted by Gasteiger charge is -2.34. The third kappa shape index (κ3) is 4.55. The van der Waals surface area contributed by atoms with Crippen LogP contribution in [0.4, 0.5) is 0 Å². The molecule has 2 aliphatic rings. The lowest BCUT2D eigenvalue weighted by Crippen LogP contribution is -2.46. The van der Waals surface area contributed by atoms with Gasteiger partial charge < -0.3 is 9.64 Å². The molecule has 0 atom stereocenters. The number of rotatable bonds is 8. The summed E-state index contributed by atoms with van der Waals surface area (Å²) in [6, 6.07) is 15.4. The van der Waals surface area contributed by atoms with Crippen molar-refractivity contribution in [3.63, 3.8) is 0 Å². The Balaban J connectivity index is 1.15. The number of methoxy groups -OCH3 is 1. The minimum Gasteiger partial charge on any atom is -0.497 e. The zero-order valence-corrected chi connectivity index (χ0v) is 17.5. The summed E-state index contributed by atoms with van der Waals surface area (Å²) in [4.78, 5) is 31.2. The predicted molar refractivity (Wildman–Crippen MR) is 116 cm³/mol. The van der Waals surface area contributed by atoms with Crippen LogP contribution in [0.3, 0.4) is 0 Å². The molecule has 0 N–H and O–H groups in total. The number of hydrogen-bond acceptors (Lipinski definition) is 5. The molecule has 30 heavy (non-hydrogen) atoms. The highest BCUT2D eigenvalue weighted by molar-refractivity contribution is 6.21. The Bertz CT molecular complexity index is 854. The number of hydrogen-bond donors (Lipinski definition) is 0. The average molecular weight is 408 g/mol. The van der Waals surface area contributed by atoms with Gasteiger partial charge in [0.1, 0.15) is 5.75 Å². The van der Waals surface area contributed by atoms with Crippen LogP contribution in [0.25, 0.3) is 0 Å². The van der Waals surface area contributed by atoms with Crippen molar-refractivity contribution in [1.82, 2.24) is 14.7 Å². The molecule has 0 unspecified atom stereocenters. The molecule has 2 aromatic carbocycles. The number of benzene rings is 2. The summed E-state index contributed by atoms with van der Waals surface area (Å²) >= 11 is 0. The van der Waals surface area contributed by atoms with E-state index in [1.807, 2.05) is 24.3 Å². The topological polar surface area (TPSA) is 53.1 Å². The van der Waals surface area contributed by atoms with E-state index in [4.69, 9.17) is 4.74 Å². The maximum absolute atomic E-state index is 12.4. The number of nitrogens with zero attached hydrogens (tertiary/aromatic N) is 3. The number of unbranched alkanes of at least 4 members (excludes halogenated alkanes) is 1. The van der Waals surface area contributed by atoms with Crippen LogP contribution < -0.4 is 4.74 Å². The van der Waals surface area contributed by atoms with Crippen molar-refractivity contribution in [3.8, 4) is 5.75 Å². The van der Waals surface area contributed by atoms with Gasteiger partial charge in [-0.1, -0.05) is 24.3 Å². The van der Waals surface area contributed by atoms with Gasteiger partial charge in [0.05, 0.1) is 18.2 Å². The normalized spacial score (nSPS) is 17.4. The molecule has 2 aromatic rings. The number of ether oxygens (including phenoxy) is 1. The summed E-state index contributed by atoms with van der Waals surface area (Å²) in [5.74, 6) is 0.593. The summed E-state index contributed by atoms with van der Waals surface area (Å²) in [6.45, 7) is 6.72.